The number of ether oxygens (including phenoxy) is 1. The molecule has 3 rings (SSSR count). The first-order valence-corrected chi connectivity index (χ1v) is 16.6. The normalized spacial score (nSPS) is 11.1. The molecule has 0 bridgehead atoms. The predicted octanol–water partition coefficient (Wildman–Crippen LogP) is 9.41. The minimum Gasteiger partial charge on any atom is -0.492 e. The van der Waals surface area contributed by atoms with Gasteiger partial charge in [-0.15, -0.1) is 0 Å². The lowest BCUT2D eigenvalue weighted by Crippen LogP contribution is -2.31. The van der Waals surface area contributed by atoms with E-state index in [0.717, 1.165) is 36.4 Å². The number of benzene rings is 2. The second-order valence-electron chi connectivity index (χ2n) is 10.8. The van der Waals surface area contributed by atoms with Crippen molar-refractivity contribution in [2.75, 3.05) is 18.1 Å². The predicted molar refractivity (Wildman–Crippen MR) is 170 cm³/mol. The molecule has 40 heavy (non-hydrogen) atoms. The van der Waals surface area contributed by atoms with Crippen LogP contribution in [0.3, 0.4) is 0 Å². The molecule has 0 saturated carbocycles. The molecule has 0 aliphatic heterocycles. The fourth-order valence-corrected chi connectivity index (χ4v) is 5.85. The van der Waals surface area contributed by atoms with Gasteiger partial charge >= 0.3 is 0 Å². The van der Waals surface area contributed by atoms with Gasteiger partial charge in [-0.25, -0.2) is 0 Å². The number of nitrogens with zero attached hydrogens (tertiary/aromatic N) is 2. The molecule has 1 amide bonds. The summed E-state index contributed by atoms with van der Waals surface area (Å²) in [5, 5.41) is 2.71. The van der Waals surface area contributed by atoms with Gasteiger partial charge in [-0.05, 0) is 42.7 Å². The topological polar surface area (TPSA) is 33.4 Å². The van der Waals surface area contributed by atoms with Crippen molar-refractivity contribution in [1.29, 1.82) is 0 Å². The van der Waals surface area contributed by atoms with Crippen molar-refractivity contribution in [3.05, 3.63) is 75.7 Å². The SMILES string of the molecule is CCCCCCCCCCCCCCOc1ccc(CCN(C(C)=O)c2ccc(C[n+]3ccsc3)cc2)cc1Cl. The third-order valence-corrected chi connectivity index (χ3v) is 8.36. The Morgan fingerprint density at radius 2 is 1.50 bits per heavy atom. The lowest BCUT2D eigenvalue weighted by molar-refractivity contribution is -0.683. The molecule has 0 aliphatic carbocycles. The summed E-state index contributed by atoms with van der Waals surface area (Å²) in [5.74, 6) is 0.782. The number of aromatic nitrogens is 1. The molecule has 3 aromatic rings. The molecule has 1 heterocycles. The van der Waals surface area contributed by atoms with Gasteiger partial charge in [-0.1, -0.05) is 119 Å². The van der Waals surface area contributed by atoms with Gasteiger partial charge < -0.3 is 9.64 Å². The van der Waals surface area contributed by atoms with Crippen LogP contribution in [0.25, 0.3) is 0 Å². The molecule has 0 aliphatic rings. The van der Waals surface area contributed by atoms with Crippen molar-refractivity contribution < 1.29 is 14.1 Å². The number of hydrogen-bond acceptors (Lipinski definition) is 3. The van der Waals surface area contributed by atoms with Crippen molar-refractivity contribution >= 4 is 34.5 Å². The molecule has 0 fully saturated rings. The van der Waals surface area contributed by atoms with Crippen LogP contribution in [-0.4, -0.2) is 19.1 Å². The molecule has 0 atom stereocenters. The highest BCUT2D eigenvalue weighted by Crippen LogP contribution is 2.26. The highest BCUT2D eigenvalue weighted by atomic mass is 35.5. The maximum absolute atomic E-state index is 12.4. The first-order chi connectivity index (χ1) is 19.6. The van der Waals surface area contributed by atoms with Crippen LogP contribution in [-0.2, 0) is 17.8 Å². The van der Waals surface area contributed by atoms with Crippen LogP contribution in [0, 0.1) is 0 Å². The molecular weight excluding hydrogens is 536 g/mol. The van der Waals surface area contributed by atoms with Crippen LogP contribution in [0.5, 0.6) is 5.75 Å². The first-order valence-electron chi connectivity index (χ1n) is 15.3. The Balaban J connectivity index is 1.33. The summed E-state index contributed by atoms with van der Waals surface area (Å²) in [5.41, 5.74) is 5.32. The summed E-state index contributed by atoms with van der Waals surface area (Å²) in [7, 11) is 0. The number of thiazole rings is 1. The Hall–Kier alpha value is -2.37. The van der Waals surface area contributed by atoms with Gasteiger partial charge in [0.15, 0.2) is 12.7 Å². The summed E-state index contributed by atoms with van der Waals surface area (Å²) in [4.78, 5) is 14.2. The van der Waals surface area contributed by atoms with Crippen molar-refractivity contribution in [2.45, 2.75) is 104 Å². The summed E-state index contributed by atoms with van der Waals surface area (Å²) in [6, 6.07) is 14.2. The number of unbranched alkanes of at least 4 members (excludes halogenated alkanes) is 11. The van der Waals surface area contributed by atoms with Crippen LogP contribution in [0.2, 0.25) is 5.02 Å². The van der Waals surface area contributed by atoms with E-state index in [-0.39, 0.29) is 5.91 Å². The van der Waals surface area contributed by atoms with E-state index in [2.05, 4.69) is 46.8 Å². The molecule has 4 nitrogen and oxygen atoms in total. The number of rotatable bonds is 20. The van der Waals surface area contributed by atoms with E-state index in [1.165, 1.54) is 76.2 Å². The molecule has 0 saturated heterocycles. The number of anilines is 1. The highest BCUT2D eigenvalue weighted by molar-refractivity contribution is 7.07. The fraction of sp³-hybridized carbons (Fsp3) is 0.529. The van der Waals surface area contributed by atoms with Gasteiger partial charge in [0.25, 0.3) is 0 Å². The van der Waals surface area contributed by atoms with Gasteiger partial charge in [0.05, 0.1) is 17.0 Å². The molecule has 0 unspecified atom stereocenters. The van der Waals surface area contributed by atoms with E-state index < -0.39 is 0 Å². The van der Waals surface area contributed by atoms with Crippen molar-refractivity contribution in [2.24, 2.45) is 0 Å². The fourth-order valence-electron chi connectivity index (χ4n) is 5.00. The summed E-state index contributed by atoms with van der Waals surface area (Å²) < 4.78 is 8.12. The second kappa shape index (κ2) is 18.9. The number of halogens is 1. The third-order valence-electron chi connectivity index (χ3n) is 7.40. The van der Waals surface area contributed by atoms with E-state index in [1.807, 2.05) is 29.2 Å². The maximum atomic E-state index is 12.4. The average molecular weight is 584 g/mol. The number of hydrogen-bond donors (Lipinski definition) is 0. The minimum absolute atomic E-state index is 0.0356. The average Bonchev–Trinajstić information content (AvgIpc) is 3.46. The largest absolute Gasteiger partial charge is 0.492 e. The zero-order valence-electron chi connectivity index (χ0n) is 24.6. The maximum Gasteiger partial charge on any atom is 0.224 e. The highest BCUT2D eigenvalue weighted by Gasteiger charge is 2.13. The number of amides is 1. The van der Waals surface area contributed by atoms with Gasteiger partial charge in [0.1, 0.15) is 5.75 Å². The minimum atomic E-state index is 0.0356. The lowest BCUT2D eigenvalue weighted by Gasteiger charge is -2.21. The molecular formula is C34H48ClN2O2S+. The van der Waals surface area contributed by atoms with Gasteiger partial charge in [0.2, 0.25) is 11.4 Å². The van der Waals surface area contributed by atoms with E-state index in [9.17, 15) is 4.79 Å². The van der Waals surface area contributed by atoms with Gasteiger partial charge in [-0.3, -0.25) is 4.79 Å². The number of carbonyl (C=O) groups is 1. The Bertz CT molecular complexity index is 1100. The molecule has 6 heteroatoms. The van der Waals surface area contributed by atoms with Crippen molar-refractivity contribution in [3.63, 3.8) is 0 Å². The van der Waals surface area contributed by atoms with Gasteiger partial charge in [-0.2, -0.15) is 4.57 Å². The second-order valence-corrected chi connectivity index (χ2v) is 12.0. The molecule has 0 spiro atoms. The van der Waals surface area contributed by atoms with E-state index >= 15 is 0 Å². The quantitative estimate of drug-likeness (QED) is 0.0980. The zero-order chi connectivity index (χ0) is 28.4. The smallest absolute Gasteiger partial charge is 0.224 e. The Labute approximate surface area is 251 Å². The standard InChI is InChI=1S/C34H48ClN2O2S/c1-3-4-5-6-7-8-9-10-11-12-13-14-24-39-34-20-17-30(26-33(34)35)21-22-37(29(2)38)32-18-15-31(16-19-32)27-36-23-25-40-28-36/h15-20,23,25-26,28H,3-14,21-22,24,27H2,1-2H3/q+1. The van der Waals surface area contributed by atoms with Crippen LogP contribution in [0.4, 0.5) is 5.69 Å². The summed E-state index contributed by atoms with van der Waals surface area (Å²) in [6.45, 7) is 6.03. The lowest BCUT2D eigenvalue weighted by atomic mass is 10.1. The van der Waals surface area contributed by atoms with Crippen molar-refractivity contribution in [3.8, 4) is 5.75 Å². The molecule has 0 N–H and O–H groups in total. The Morgan fingerprint density at radius 1 is 0.875 bits per heavy atom. The van der Waals surface area contributed by atoms with Crippen LogP contribution < -0.4 is 14.2 Å². The monoisotopic (exact) mass is 583 g/mol. The summed E-state index contributed by atoms with van der Waals surface area (Å²) in [6.07, 6.45) is 18.8. The Morgan fingerprint density at radius 3 is 2.08 bits per heavy atom. The molecule has 0 radical (unpaired) electrons. The number of carbonyl (C=O) groups excluding carboxylic acids is 1. The van der Waals surface area contributed by atoms with Crippen LogP contribution in [0.1, 0.15) is 102 Å². The van der Waals surface area contributed by atoms with Crippen LogP contribution in [0.15, 0.2) is 59.6 Å². The molecule has 2 aromatic carbocycles. The van der Waals surface area contributed by atoms with E-state index in [4.69, 9.17) is 16.3 Å². The third kappa shape index (κ3) is 12.0. The Kier molecular flexibility index (Phi) is 15.2. The van der Waals surface area contributed by atoms with Crippen molar-refractivity contribution in [1.82, 2.24) is 0 Å². The zero-order valence-corrected chi connectivity index (χ0v) is 26.2. The first kappa shape index (κ1) is 32.1. The van der Waals surface area contributed by atoms with E-state index in [1.54, 1.807) is 18.3 Å². The van der Waals surface area contributed by atoms with E-state index in [0.29, 0.717) is 18.2 Å². The molecule has 218 valence electrons. The van der Waals surface area contributed by atoms with Gasteiger partial charge in [0, 0.05) is 24.7 Å². The summed E-state index contributed by atoms with van der Waals surface area (Å²) >= 11 is 8.22. The van der Waals surface area contributed by atoms with Crippen LogP contribution >= 0.6 is 22.9 Å². The molecule has 1 aromatic heterocycles.